The lowest BCUT2D eigenvalue weighted by Gasteiger charge is -2.08. The van der Waals surface area contributed by atoms with Crippen molar-refractivity contribution in [2.75, 3.05) is 11.9 Å². The Morgan fingerprint density at radius 2 is 1.81 bits per heavy atom. The standard InChI is InChI=1S/C15H12BrFN2O2/c16-12-8-11(17)6-7-13(12)19-14(20)9-18-15(21)10-4-2-1-3-5-10/h1-8H,9H2,(H,18,21)(H,19,20). The van der Waals surface area contributed by atoms with Crippen LogP contribution in [0.2, 0.25) is 0 Å². The van der Waals surface area contributed by atoms with Crippen LogP contribution in [0.1, 0.15) is 10.4 Å². The molecule has 0 atom stereocenters. The highest BCUT2D eigenvalue weighted by atomic mass is 79.9. The van der Waals surface area contributed by atoms with Crippen LogP contribution in [-0.2, 0) is 4.79 Å². The summed E-state index contributed by atoms with van der Waals surface area (Å²) in [5.74, 6) is -1.13. The normalized spacial score (nSPS) is 10.0. The Hall–Kier alpha value is -2.21. The van der Waals surface area contributed by atoms with Crippen molar-refractivity contribution in [1.29, 1.82) is 0 Å². The first kappa shape index (κ1) is 15.2. The molecule has 0 spiro atoms. The highest BCUT2D eigenvalue weighted by Gasteiger charge is 2.09. The molecule has 0 fully saturated rings. The molecule has 0 saturated carbocycles. The number of rotatable bonds is 4. The fraction of sp³-hybridized carbons (Fsp3) is 0.0667. The Labute approximate surface area is 129 Å². The molecule has 0 aromatic heterocycles. The van der Waals surface area contributed by atoms with E-state index in [-0.39, 0.29) is 12.5 Å². The van der Waals surface area contributed by atoms with E-state index in [2.05, 4.69) is 26.6 Å². The first-order valence-corrected chi connectivity index (χ1v) is 6.94. The SMILES string of the molecule is O=C(CNC(=O)c1ccccc1)Nc1ccc(F)cc1Br. The number of benzene rings is 2. The first-order valence-electron chi connectivity index (χ1n) is 6.14. The maximum atomic E-state index is 12.9. The van der Waals surface area contributed by atoms with E-state index >= 15 is 0 Å². The van der Waals surface area contributed by atoms with Crippen molar-refractivity contribution in [2.45, 2.75) is 0 Å². The second kappa shape index (κ2) is 6.99. The quantitative estimate of drug-likeness (QED) is 0.890. The van der Waals surface area contributed by atoms with Gasteiger partial charge in [0.25, 0.3) is 5.91 Å². The van der Waals surface area contributed by atoms with Crippen LogP contribution >= 0.6 is 15.9 Å². The summed E-state index contributed by atoms with van der Waals surface area (Å²) in [6.45, 7) is -0.169. The smallest absolute Gasteiger partial charge is 0.251 e. The zero-order valence-corrected chi connectivity index (χ0v) is 12.5. The number of anilines is 1. The summed E-state index contributed by atoms with van der Waals surface area (Å²) in [6.07, 6.45) is 0. The Kier molecular flexibility index (Phi) is 5.05. The van der Waals surface area contributed by atoms with E-state index in [4.69, 9.17) is 0 Å². The van der Waals surface area contributed by atoms with Crippen molar-refractivity contribution in [3.05, 3.63) is 64.4 Å². The van der Waals surface area contributed by atoms with E-state index in [1.807, 2.05) is 0 Å². The third-order valence-corrected chi connectivity index (χ3v) is 3.31. The van der Waals surface area contributed by atoms with Crippen LogP contribution in [0.25, 0.3) is 0 Å². The summed E-state index contributed by atoms with van der Waals surface area (Å²) in [5, 5.41) is 5.09. The molecular weight excluding hydrogens is 339 g/mol. The van der Waals surface area contributed by atoms with Gasteiger partial charge in [-0.05, 0) is 46.3 Å². The van der Waals surface area contributed by atoms with Crippen LogP contribution in [0.5, 0.6) is 0 Å². The molecule has 2 aromatic carbocycles. The molecule has 6 heteroatoms. The monoisotopic (exact) mass is 350 g/mol. The van der Waals surface area contributed by atoms with Crippen LogP contribution in [0.15, 0.2) is 53.0 Å². The Balaban J connectivity index is 1.89. The van der Waals surface area contributed by atoms with E-state index in [1.54, 1.807) is 30.3 Å². The fourth-order valence-corrected chi connectivity index (χ4v) is 2.09. The lowest BCUT2D eigenvalue weighted by atomic mass is 10.2. The molecule has 108 valence electrons. The highest BCUT2D eigenvalue weighted by molar-refractivity contribution is 9.10. The maximum Gasteiger partial charge on any atom is 0.251 e. The molecule has 21 heavy (non-hydrogen) atoms. The Morgan fingerprint density at radius 1 is 1.10 bits per heavy atom. The molecule has 2 rings (SSSR count). The van der Waals surface area contributed by atoms with Crippen molar-refractivity contribution in [1.82, 2.24) is 5.32 Å². The molecule has 0 heterocycles. The van der Waals surface area contributed by atoms with Crippen molar-refractivity contribution >= 4 is 33.4 Å². The van der Waals surface area contributed by atoms with Crippen LogP contribution in [-0.4, -0.2) is 18.4 Å². The number of hydrogen-bond donors (Lipinski definition) is 2. The molecule has 4 nitrogen and oxygen atoms in total. The molecule has 2 N–H and O–H groups in total. The number of nitrogens with one attached hydrogen (secondary N) is 2. The van der Waals surface area contributed by atoms with Crippen molar-refractivity contribution in [3.63, 3.8) is 0 Å². The van der Waals surface area contributed by atoms with Gasteiger partial charge in [0, 0.05) is 10.0 Å². The molecule has 0 aliphatic rings. The van der Waals surface area contributed by atoms with Crippen molar-refractivity contribution < 1.29 is 14.0 Å². The molecule has 2 amide bonds. The van der Waals surface area contributed by atoms with Crippen LogP contribution in [0.3, 0.4) is 0 Å². The summed E-state index contributed by atoms with van der Waals surface area (Å²) in [5.41, 5.74) is 0.920. The van der Waals surface area contributed by atoms with Gasteiger partial charge in [0.05, 0.1) is 12.2 Å². The van der Waals surface area contributed by atoms with E-state index < -0.39 is 11.7 Å². The molecule has 2 aromatic rings. The number of hydrogen-bond acceptors (Lipinski definition) is 2. The van der Waals surface area contributed by atoms with Crippen LogP contribution in [0, 0.1) is 5.82 Å². The zero-order chi connectivity index (χ0) is 15.2. The average molecular weight is 351 g/mol. The van der Waals surface area contributed by atoms with E-state index in [0.717, 1.165) is 0 Å². The van der Waals surface area contributed by atoms with Gasteiger partial charge in [-0.25, -0.2) is 4.39 Å². The van der Waals surface area contributed by atoms with Gasteiger partial charge in [-0.3, -0.25) is 9.59 Å². The number of amides is 2. The minimum atomic E-state index is -0.405. The predicted molar refractivity (Wildman–Crippen MR) is 81.5 cm³/mol. The lowest BCUT2D eigenvalue weighted by Crippen LogP contribution is -2.32. The van der Waals surface area contributed by atoms with Gasteiger partial charge in [0.1, 0.15) is 5.82 Å². The minimum Gasteiger partial charge on any atom is -0.343 e. The summed E-state index contributed by atoms with van der Waals surface area (Å²) in [7, 11) is 0. The third-order valence-electron chi connectivity index (χ3n) is 2.65. The van der Waals surface area contributed by atoms with Crippen molar-refractivity contribution in [3.8, 4) is 0 Å². The number of carbonyl (C=O) groups is 2. The summed E-state index contributed by atoms with van der Waals surface area (Å²) in [4.78, 5) is 23.5. The fourth-order valence-electron chi connectivity index (χ4n) is 1.64. The number of halogens is 2. The van der Waals surface area contributed by atoms with Gasteiger partial charge in [-0.2, -0.15) is 0 Å². The molecule has 0 radical (unpaired) electrons. The summed E-state index contributed by atoms with van der Waals surface area (Å²) in [6, 6.07) is 12.5. The second-order valence-electron chi connectivity index (χ2n) is 4.22. The zero-order valence-electron chi connectivity index (χ0n) is 10.9. The molecular formula is C15H12BrFN2O2. The van der Waals surface area contributed by atoms with E-state index in [1.165, 1.54) is 18.2 Å². The largest absolute Gasteiger partial charge is 0.343 e. The highest BCUT2D eigenvalue weighted by Crippen LogP contribution is 2.22. The Bertz CT molecular complexity index is 662. The second-order valence-corrected chi connectivity index (χ2v) is 5.08. The molecule has 0 aliphatic heterocycles. The van der Waals surface area contributed by atoms with E-state index in [9.17, 15) is 14.0 Å². The van der Waals surface area contributed by atoms with Gasteiger partial charge in [0.2, 0.25) is 5.91 Å². The van der Waals surface area contributed by atoms with Gasteiger partial charge in [-0.1, -0.05) is 18.2 Å². The van der Waals surface area contributed by atoms with Crippen molar-refractivity contribution in [2.24, 2.45) is 0 Å². The van der Waals surface area contributed by atoms with Gasteiger partial charge in [-0.15, -0.1) is 0 Å². The molecule has 0 saturated heterocycles. The maximum absolute atomic E-state index is 12.9. The first-order chi connectivity index (χ1) is 10.1. The average Bonchev–Trinajstić information content (AvgIpc) is 2.48. The van der Waals surface area contributed by atoms with Gasteiger partial charge >= 0.3 is 0 Å². The predicted octanol–water partition coefficient (Wildman–Crippen LogP) is 2.96. The van der Waals surface area contributed by atoms with Crippen LogP contribution < -0.4 is 10.6 Å². The Morgan fingerprint density at radius 3 is 2.48 bits per heavy atom. The number of carbonyl (C=O) groups excluding carboxylic acids is 2. The molecule has 0 bridgehead atoms. The topological polar surface area (TPSA) is 58.2 Å². The molecule has 0 unspecified atom stereocenters. The van der Waals surface area contributed by atoms with Crippen LogP contribution in [0.4, 0.5) is 10.1 Å². The molecule has 0 aliphatic carbocycles. The van der Waals surface area contributed by atoms with Gasteiger partial charge in [0.15, 0.2) is 0 Å². The third kappa shape index (κ3) is 4.39. The lowest BCUT2D eigenvalue weighted by molar-refractivity contribution is -0.115. The minimum absolute atomic E-state index is 0.169. The van der Waals surface area contributed by atoms with E-state index in [0.29, 0.717) is 15.7 Å². The summed E-state index contributed by atoms with van der Waals surface area (Å²) >= 11 is 3.15. The van der Waals surface area contributed by atoms with Gasteiger partial charge < -0.3 is 10.6 Å². The summed E-state index contributed by atoms with van der Waals surface area (Å²) < 4.78 is 13.4.